The molecule has 0 aliphatic heterocycles. The summed E-state index contributed by atoms with van der Waals surface area (Å²) in [5, 5.41) is 15.5. The largest absolute Gasteiger partial charge is 0.396 e. The van der Waals surface area contributed by atoms with E-state index >= 15 is 0 Å². The van der Waals surface area contributed by atoms with E-state index in [9.17, 15) is 4.79 Å². The van der Waals surface area contributed by atoms with Gasteiger partial charge in [-0.15, -0.1) is 11.8 Å². The second-order valence-electron chi connectivity index (χ2n) is 5.07. The Morgan fingerprint density at radius 3 is 2.60 bits per heavy atom. The number of thioether (sulfide) groups is 1. The number of hydrogen-bond donors (Lipinski definition) is 3. The van der Waals surface area contributed by atoms with Crippen LogP contribution < -0.4 is 10.6 Å². The highest BCUT2D eigenvalue weighted by molar-refractivity contribution is 7.99. The molecule has 1 saturated carbocycles. The van der Waals surface area contributed by atoms with E-state index in [0.717, 1.165) is 28.5 Å². The van der Waals surface area contributed by atoms with Gasteiger partial charge in [-0.25, -0.2) is 4.79 Å². The number of amides is 2. The van der Waals surface area contributed by atoms with E-state index < -0.39 is 0 Å². The molecular formula is C14H19ClN2O2S. The number of carbonyl (C=O) groups excluding carboxylic acids is 1. The van der Waals surface area contributed by atoms with Gasteiger partial charge in [-0.3, -0.25) is 0 Å². The van der Waals surface area contributed by atoms with E-state index in [2.05, 4.69) is 10.6 Å². The fourth-order valence-electron chi connectivity index (χ4n) is 1.76. The predicted octanol–water partition coefficient (Wildman–Crippen LogP) is 2.50. The first-order valence-corrected chi connectivity index (χ1v) is 8.01. The van der Waals surface area contributed by atoms with Crippen molar-refractivity contribution in [3.8, 4) is 0 Å². The maximum Gasteiger partial charge on any atom is 0.314 e. The van der Waals surface area contributed by atoms with Crippen molar-refractivity contribution < 1.29 is 9.90 Å². The zero-order chi connectivity index (χ0) is 14.4. The minimum absolute atomic E-state index is 0.0462. The second kappa shape index (κ2) is 7.20. The SMILES string of the molecule is O=C(NCCSc1ccc(Cl)cc1)NCC1(CO)CC1. The summed E-state index contributed by atoms with van der Waals surface area (Å²) in [6.45, 7) is 1.31. The third kappa shape index (κ3) is 4.89. The van der Waals surface area contributed by atoms with Gasteiger partial charge in [-0.05, 0) is 37.1 Å². The Bertz CT molecular complexity index is 449. The first-order valence-electron chi connectivity index (χ1n) is 6.64. The van der Waals surface area contributed by atoms with E-state index in [4.69, 9.17) is 16.7 Å². The number of aliphatic hydroxyl groups excluding tert-OH is 1. The van der Waals surface area contributed by atoms with Crippen molar-refractivity contribution in [2.75, 3.05) is 25.4 Å². The number of carbonyl (C=O) groups is 1. The molecule has 0 heterocycles. The standard InChI is InChI=1S/C14H19ClN2O2S/c15-11-1-3-12(4-2-11)20-8-7-16-13(19)17-9-14(10-18)5-6-14/h1-4,18H,5-10H2,(H2,16,17,19). The Morgan fingerprint density at radius 1 is 1.30 bits per heavy atom. The molecule has 0 spiro atoms. The Labute approximate surface area is 128 Å². The van der Waals surface area contributed by atoms with Gasteiger partial charge in [0.25, 0.3) is 0 Å². The van der Waals surface area contributed by atoms with Crippen molar-refractivity contribution in [3.63, 3.8) is 0 Å². The van der Waals surface area contributed by atoms with Crippen LogP contribution in [-0.4, -0.2) is 36.6 Å². The topological polar surface area (TPSA) is 61.4 Å². The zero-order valence-corrected chi connectivity index (χ0v) is 12.8. The molecule has 1 aliphatic carbocycles. The molecule has 20 heavy (non-hydrogen) atoms. The minimum Gasteiger partial charge on any atom is -0.396 e. The maximum absolute atomic E-state index is 11.6. The number of hydrogen-bond acceptors (Lipinski definition) is 3. The smallest absolute Gasteiger partial charge is 0.314 e. The van der Waals surface area contributed by atoms with Gasteiger partial charge in [0.2, 0.25) is 0 Å². The average Bonchev–Trinajstić information content (AvgIpc) is 3.24. The van der Waals surface area contributed by atoms with E-state index in [1.165, 1.54) is 0 Å². The lowest BCUT2D eigenvalue weighted by Gasteiger charge is -2.13. The molecule has 1 fully saturated rings. The predicted molar refractivity (Wildman–Crippen MR) is 82.3 cm³/mol. The highest BCUT2D eigenvalue weighted by Crippen LogP contribution is 2.44. The molecule has 0 atom stereocenters. The van der Waals surface area contributed by atoms with Crippen LogP contribution in [0.4, 0.5) is 4.79 Å². The van der Waals surface area contributed by atoms with Gasteiger partial charge < -0.3 is 15.7 Å². The van der Waals surface area contributed by atoms with E-state index in [1.54, 1.807) is 11.8 Å². The highest BCUT2D eigenvalue weighted by atomic mass is 35.5. The third-order valence-corrected chi connectivity index (χ3v) is 4.65. The molecule has 4 nitrogen and oxygen atoms in total. The number of halogens is 1. The van der Waals surface area contributed by atoms with Gasteiger partial charge in [0.15, 0.2) is 0 Å². The monoisotopic (exact) mass is 314 g/mol. The lowest BCUT2D eigenvalue weighted by molar-refractivity contribution is 0.203. The summed E-state index contributed by atoms with van der Waals surface area (Å²) in [5.41, 5.74) is -0.0462. The molecule has 0 radical (unpaired) electrons. The summed E-state index contributed by atoms with van der Waals surface area (Å²) in [6.07, 6.45) is 1.99. The highest BCUT2D eigenvalue weighted by Gasteiger charge is 2.41. The maximum atomic E-state index is 11.6. The minimum atomic E-state index is -0.165. The normalized spacial score (nSPS) is 15.7. The summed E-state index contributed by atoms with van der Waals surface area (Å²) in [5.74, 6) is 0.806. The lowest BCUT2D eigenvalue weighted by Crippen LogP contribution is -2.40. The molecule has 1 aliphatic rings. The number of benzene rings is 1. The van der Waals surface area contributed by atoms with Crippen molar-refractivity contribution in [3.05, 3.63) is 29.3 Å². The fourth-order valence-corrected chi connectivity index (χ4v) is 2.66. The molecule has 0 bridgehead atoms. The summed E-state index contributed by atoms with van der Waals surface area (Å²) < 4.78 is 0. The molecule has 0 unspecified atom stereocenters. The Morgan fingerprint density at radius 2 is 2.00 bits per heavy atom. The Balaban J connectivity index is 1.56. The summed E-state index contributed by atoms with van der Waals surface area (Å²) in [7, 11) is 0. The Kier molecular flexibility index (Phi) is 5.57. The van der Waals surface area contributed by atoms with Crippen LogP contribution in [-0.2, 0) is 0 Å². The van der Waals surface area contributed by atoms with Crippen LogP contribution in [0.5, 0.6) is 0 Å². The van der Waals surface area contributed by atoms with E-state index in [-0.39, 0.29) is 18.1 Å². The zero-order valence-electron chi connectivity index (χ0n) is 11.2. The quantitative estimate of drug-likeness (QED) is 0.535. The molecule has 2 amide bonds. The molecule has 1 aromatic carbocycles. The summed E-state index contributed by atoms with van der Waals surface area (Å²) in [6, 6.07) is 7.47. The van der Waals surface area contributed by atoms with Crippen molar-refractivity contribution in [2.24, 2.45) is 5.41 Å². The van der Waals surface area contributed by atoms with Crippen LogP contribution in [0.15, 0.2) is 29.2 Å². The fraction of sp³-hybridized carbons (Fsp3) is 0.500. The Hall–Kier alpha value is -0.910. The van der Waals surface area contributed by atoms with Gasteiger partial charge in [0.1, 0.15) is 0 Å². The summed E-state index contributed by atoms with van der Waals surface area (Å²) in [4.78, 5) is 12.7. The van der Waals surface area contributed by atoms with Gasteiger partial charge in [0.05, 0.1) is 6.61 Å². The van der Waals surface area contributed by atoms with Crippen molar-refractivity contribution >= 4 is 29.4 Å². The van der Waals surface area contributed by atoms with Crippen molar-refractivity contribution in [1.82, 2.24) is 10.6 Å². The van der Waals surface area contributed by atoms with Gasteiger partial charge in [0, 0.05) is 34.2 Å². The van der Waals surface area contributed by atoms with Gasteiger partial charge >= 0.3 is 6.03 Å². The first-order chi connectivity index (χ1) is 9.63. The third-order valence-electron chi connectivity index (χ3n) is 3.39. The molecule has 3 N–H and O–H groups in total. The van der Waals surface area contributed by atoms with Crippen LogP contribution in [0.2, 0.25) is 5.02 Å². The number of nitrogens with one attached hydrogen (secondary N) is 2. The number of rotatable bonds is 7. The molecular weight excluding hydrogens is 296 g/mol. The van der Waals surface area contributed by atoms with E-state index in [1.807, 2.05) is 24.3 Å². The first kappa shape index (κ1) is 15.5. The molecule has 110 valence electrons. The second-order valence-corrected chi connectivity index (χ2v) is 6.67. The lowest BCUT2D eigenvalue weighted by atomic mass is 10.1. The van der Waals surface area contributed by atoms with Crippen molar-refractivity contribution in [2.45, 2.75) is 17.7 Å². The summed E-state index contributed by atoms with van der Waals surface area (Å²) >= 11 is 7.48. The molecule has 0 aromatic heterocycles. The number of urea groups is 1. The van der Waals surface area contributed by atoms with Crippen LogP contribution in [0.1, 0.15) is 12.8 Å². The van der Waals surface area contributed by atoms with Crippen LogP contribution >= 0.6 is 23.4 Å². The van der Waals surface area contributed by atoms with Crippen LogP contribution in [0.3, 0.4) is 0 Å². The van der Waals surface area contributed by atoms with Crippen molar-refractivity contribution in [1.29, 1.82) is 0 Å². The number of aliphatic hydroxyl groups is 1. The molecule has 0 saturated heterocycles. The average molecular weight is 315 g/mol. The van der Waals surface area contributed by atoms with Crippen LogP contribution in [0.25, 0.3) is 0 Å². The van der Waals surface area contributed by atoms with Crippen LogP contribution in [0, 0.1) is 5.41 Å². The van der Waals surface area contributed by atoms with E-state index in [0.29, 0.717) is 13.1 Å². The molecule has 2 rings (SSSR count). The van der Waals surface area contributed by atoms with Gasteiger partial charge in [-0.1, -0.05) is 11.6 Å². The molecule has 6 heteroatoms. The molecule has 1 aromatic rings. The van der Waals surface area contributed by atoms with Gasteiger partial charge in [-0.2, -0.15) is 0 Å².